The number of benzene rings is 1. The molecule has 11 heteroatoms. The van der Waals surface area contributed by atoms with Gasteiger partial charge in [-0.3, -0.25) is 19.3 Å². The van der Waals surface area contributed by atoms with Crippen molar-refractivity contribution in [2.45, 2.75) is 45.2 Å². The number of rotatable bonds is 5. The lowest BCUT2D eigenvalue weighted by molar-refractivity contribution is -0.140. The summed E-state index contributed by atoms with van der Waals surface area (Å²) in [5.74, 6) is -1.41. The Morgan fingerprint density at radius 1 is 1.15 bits per heavy atom. The predicted molar refractivity (Wildman–Crippen MR) is 114 cm³/mol. The first kappa shape index (κ1) is 23.3. The number of fused-ring (bicyclic) bond motifs is 1. The molecule has 1 aromatic heterocycles. The summed E-state index contributed by atoms with van der Waals surface area (Å²) in [5, 5.41) is 6.79. The van der Waals surface area contributed by atoms with Crippen LogP contribution in [0.15, 0.2) is 24.3 Å². The number of nitrogens with one attached hydrogen (secondary N) is 1. The highest BCUT2D eigenvalue weighted by molar-refractivity contribution is 6.32. The molecule has 1 aromatic carbocycles. The zero-order chi connectivity index (χ0) is 23.9. The van der Waals surface area contributed by atoms with E-state index in [-0.39, 0.29) is 53.1 Å². The highest BCUT2D eigenvalue weighted by Crippen LogP contribution is 2.38. The van der Waals surface area contributed by atoms with Crippen LogP contribution < -0.4 is 5.32 Å². The third-order valence-electron chi connectivity index (χ3n) is 6.10. The molecule has 1 saturated carbocycles. The fourth-order valence-corrected chi connectivity index (χ4v) is 4.69. The summed E-state index contributed by atoms with van der Waals surface area (Å²) in [4.78, 5) is 38.9. The number of aryl methyl sites for hydroxylation is 1. The van der Waals surface area contributed by atoms with E-state index in [2.05, 4.69) is 10.4 Å². The van der Waals surface area contributed by atoms with E-state index in [0.717, 1.165) is 40.6 Å². The van der Waals surface area contributed by atoms with Crippen LogP contribution in [0.25, 0.3) is 5.69 Å². The van der Waals surface area contributed by atoms with Gasteiger partial charge in [0.15, 0.2) is 0 Å². The number of carbonyl (C=O) groups excluding carboxylic acids is 3. The van der Waals surface area contributed by atoms with Gasteiger partial charge in [-0.1, -0.05) is 24.4 Å². The van der Waals surface area contributed by atoms with Crippen LogP contribution in [-0.4, -0.2) is 38.9 Å². The molecule has 3 amide bonds. The number of likely N-dealkylation sites (tertiary alicyclic amines) is 1. The number of halogens is 4. The number of nitrogens with zero attached hydrogens (tertiary/aromatic N) is 3. The minimum atomic E-state index is -4.57. The van der Waals surface area contributed by atoms with Crippen LogP contribution >= 0.6 is 11.6 Å². The molecule has 1 N–H and O–H groups in total. The first-order chi connectivity index (χ1) is 15.6. The molecule has 0 radical (unpaired) electrons. The van der Waals surface area contributed by atoms with Crippen LogP contribution in [0.4, 0.5) is 19.0 Å². The quantitative estimate of drug-likeness (QED) is 0.642. The second-order valence-electron chi connectivity index (χ2n) is 8.37. The first-order valence-electron chi connectivity index (χ1n) is 10.6. The van der Waals surface area contributed by atoms with Gasteiger partial charge in [0.2, 0.25) is 17.7 Å². The van der Waals surface area contributed by atoms with Gasteiger partial charge in [-0.2, -0.15) is 18.3 Å². The lowest BCUT2D eigenvalue weighted by Crippen LogP contribution is -2.34. The van der Waals surface area contributed by atoms with Crippen LogP contribution in [0.5, 0.6) is 0 Å². The van der Waals surface area contributed by atoms with E-state index in [1.807, 2.05) is 0 Å². The second-order valence-corrected chi connectivity index (χ2v) is 8.78. The van der Waals surface area contributed by atoms with Crippen molar-refractivity contribution < 1.29 is 27.6 Å². The van der Waals surface area contributed by atoms with Gasteiger partial charge in [0.1, 0.15) is 5.82 Å². The maximum absolute atomic E-state index is 13.2. The van der Waals surface area contributed by atoms with Gasteiger partial charge < -0.3 is 5.32 Å². The minimum Gasteiger partial charge on any atom is -0.311 e. The van der Waals surface area contributed by atoms with Gasteiger partial charge >= 0.3 is 6.18 Å². The molecule has 0 spiro atoms. The minimum absolute atomic E-state index is 0.0254. The first-order valence-corrected chi connectivity index (χ1v) is 11.0. The zero-order valence-corrected chi connectivity index (χ0v) is 18.5. The molecule has 7 nitrogen and oxygen atoms in total. The Labute approximate surface area is 192 Å². The van der Waals surface area contributed by atoms with Gasteiger partial charge in [-0.05, 0) is 38.0 Å². The molecule has 0 bridgehead atoms. The third kappa shape index (κ3) is 4.62. The molecule has 33 heavy (non-hydrogen) atoms. The monoisotopic (exact) mass is 482 g/mol. The van der Waals surface area contributed by atoms with Gasteiger partial charge in [0.05, 0.1) is 33.8 Å². The Bertz CT molecular complexity index is 1090. The summed E-state index contributed by atoms with van der Waals surface area (Å²) in [6.07, 6.45) is -1.51. The summed E-state index contributed by atoms with van der Waals surface area (Å²) in [7, 11) is 0. The Morgan fingerprint density at radius 3 is 2.39 bits per heavy atom. The molecule has 2 unspecified atom stereocenters. The van der Waals surface area contributed by atoms with E-state index < -0.39 is 17.6 Å². The summed E-state index contributed by atoms with van der Waals surface area (Å²) in [6, 6.07) is 4.33. The molecular weight excluding hydrogens is 461 g/mol. The molecule has 2 aromatic rings. The molecule has 1 aliphatic heterocycles. The Kier molecular flexibility index (Phi) is 6.22. The van der Waals surface area contributed by atoms with Crippen LogP contribution in [0, 0.1) is 18.8 Å². The highest BCUT2D eigenvalue weighted by atomic mass is 35.5. The molecule has 2 fully saturated rings. The van der Waals surface area contributed by atoms with Gasteiger partial charge in [-0.25, -0.2) is 4.68 Å². The van der Waals surface area contributed by atoms with Crippen LogP contribution in [0.3, 0.4) is 0 Å². The lowest BCUT2D eigenvalue weighted by atomic mass is 9.81. The molecule has 2 aliphatic rings. The smallest absolute Gasteiger partial charge is 0.311 e. The second kappa shape index (κ2) is 8.81. The van der Waals surface area contributed by atoms with E-state index in [0.29, 0.717) is 18.5 Å². The Balaban J connectivity index is 1.48. The number of carbonyl (C=O) groups is 3. The summed E-state index contributed by atoms with van der Waals surface area (Å²) >= 11 is 6.12. The third-order valence-corrected chi connectivity index (χ3v) is 6.42. The van der Waals surface area contributed by atoms with Crippen molar-refractivity contribution in [2.75, 3.05) is 11.9 Å². The van der Waals surface area contributed by atoms with Crippen molar-refractivity contribution in [3.8, 4) is 5.69 Å². The number of hydrogen-bond donors (Lipinski definition) is 1. The van der Waals surface area contributed by atoms with Gasteiger partial charge in [0.25, 0.3) is 0 Å². The van der Waals surface area contributed by atoms with Crippen molar-refractivity contribution in [3.05, 3.63) is 40.5 Å². The molecular formula is C22H22ClF3N4O3. The number of aromatic nitrogens is 2. The zero-order valence-electron chi connectivity index (χ0n) is 17.8. The van der Waals surface area contributed by atoms with Gasteiger partial charge in [-0.15, -0.1) is 0 Å². The summed E-state index contributed by atoms with van der Waals surface area (Å²) < 4.78 is 40.6. The standard InChI is InChI=1S/C22H22ClF3N4O3/c1-12-10-18(30(28-12)17-11-13(22(24,25)26)6-7-16(17)23)27-19(31)8-9-29-20(32)14-4-2-3-5-15(14)21(29)33/h6-7,10-11,14-15H,2-5,8-9H2,1H3,(H,27,31). The predicted octanol–water partition coefficient (Wildman–Crippen LogP) is 4.36. The molecule has 2 heterocycles. The topological polar surface area (TPSA) is 84.3 Å². The summed E-state index contributed by atoms with van der Waals surface area (Å²) in [5.41, 5.74) is -0.489. The fraction of sp³-hybridized carbons (Fsp3) is 0.455. The summed E-state index contributed by atoms with van der Waals surface area (Å²) in [6.45, 7) is 1.57. The highest BCUT2D eigenvalue weighted by Gasteiger charge is 2.47. The molecule has 4 rings (SSSR count). The number of hydrogen-bond acceptors (Lipinski definition) is 4. The average Bonchev–Trinajstić information content (AvgIpc) is 3.23. The Hall–Kier alpha value is -2.88. The van der Waals surface area contributed by atoms with Crippen molar-refractivity contribution in [1.29, 1.82) is 0 Å². The normalized spacial score (nSPS) is 20.8. The van der Waals surface area contributed by atoms with Crippen LogP contribution in [-0.2, 0) is 20.6 Å². The average molecular weight is 483 g/mol. The maximum atomic E-state index is 13.2. The SMILES string of the molecule is Cc1cc(NC(=O)CCN2C(=O)C3CCCCC3C2=O)n(-c2cc(C(F)(F)F)ccc2Cl)n1. The lowest BCUT2D eigenvalue weighted by Gasteiger charge is -2.19. The van der Waals surface area contributed by atoms with Crippen LogP contribution in [0.2, 0.25) is 5.02 Å². The van der Waals surface area contributed by atoms with Crippen molar-refractivity contribution in [3.63, 3.8) is 0 Å². The van der Waals surface area contributed by atoms with Crippen LogP contribution in [0.1, 0.15) is 43.4 Å². The van der Waals surface area contributed by atoms with Crippen molar-refractivity contribution in [1.82, 2.24) is 14.7 Å². The Morgan fingerprint density at radius 2 is 1.79 bits per heavy atom. The number of amides is 3. The number of imide groups is 1. The van der Waals surface area contributed by atoms with Crippen molar-refractivity contribution in [2.24, 2.45) is 11.8 Å². The van der Waals surface area contributed by atoms with E-state index in [9.17, 15) is 27.6 Å². The largest absolute Gasteiger partial charge is 0.416 e. The molecule has 1 saturated heterocycles. The fourth-order valence-electron chi connectivity index (χ4n) is 4.49. The van der Waals surface area contributed by atoms with Crippen molar-refractivity contribution >= 4 is 35.1 Å². The molecule has 176 valence electrons. The molecule has 1 aliphatic carbocycles. The molecule has 2 atom stereocenters. The van der Waals surface area contributed by atoms with E-state index in [1.165, 1.54) is 6.07 Å². The van der Waals surface area contributed by atoms with Gasteiger partial charge in [0, 0.05) is 19.0 Å². The number of anilines is 1. The van der Waals surface area contributed by atoms with E-state index in [4.69, 9.17) is 11.6 Å². The maximum Gasteiger partial charge on any atom is 0.416 e. The van der Waals surface area contributed by atoms with E-state index >= 15 is 0 Å². The van der Waals surface area contributed by atoms with E-state index in [1.54, 1.807) is 6.92 Å². The number of alkyl halides is 3.